The van der Waals surface area contributed by atoms with E-state index in [-0.39, 0.29) is 34.0 Å². The molecule has 0 aliphatic carbocycles. The van der Waals surface area contributed by atoms with Crippen LogP contribution in [0.4, 0.5) is 45.5 Å². The Balaban J connectivity index is 0.000000170. The van der Waals surface area contributed by atoms with Crippen molar-refractivity contribution in [2.75, 3.05) is 57.4 Å². The Hall–Kier alpha value is -10.1. The van der Waals surface area contributed by atoms with Crippen molar-refractivity contribution in [3.63, 3.8) is 0 Å². The van der Waals surface area contributed by atoms with Crippen LogP contribution in [0.3, 0.4) is 0 Å². The number of benzene rings is 8. The van der Waals surface area contributed by atoms with Gasteiger partial charge in [0.2, 0.25) is 11.4 Å². The maximum Gasteiger partial charge on any atom is 0.212 e. The number of hydrogen-bond donors (Lipinski definition) is 0. The average molecular weight is 1540 g/mol. The summed E-state index contributed by atoms with van der Waals surface area (Å²) in [6.07, 6.45) is 17.1. The quantitative estimate of drug-likeness (QED) is 0.0997. The number of hydrogen-bond acceptors (Lipinski definition) is 8. The Morgan fingerprint density at radius 3 is 0.982 bits per heavy atom. The van der Waals surface area contributed by atoms with Gasteiger partial charge >= 0.3 is 0 Å². The molecule has 4 aliphatic heterocycles. The second-order valence-electron chi connectivity index (χ2n) is 34.3. The van der Waals surface area contributed by atoms with Crippen molar-refractivity contribution in [1.82, 2.24) is 9.80 Å². The summed E-state index contributed by atoms with van der Waals surface area (Å²) in [5.74, 6) is 0. The van der Waals surface area contributed by atoms with Crippen LogP contribution in [0, 0.1) is 55.3 Å². The van der Waals surface area contributed by atoms with E-state index in [9.17, 15) is 0 Å². The minimum atomic E-state index is -2.16. The lowest BCUT2D eigenvalue weighted by molar-refractivity contribution is -0.661. The maximum absolute atomic E-state index is 7.83. The lowest BCUT2D eigenvalue weighted by Crippen LogP contribution is -2.37. The Kier molecular flexibility index (Phi) is 24.5. The van der Waals surface area contributed by atoms with Gasteiger partial charge in [-0.3, -0.25) is 0 Å². The number of anilines is 8. The summed E-state index contributed by atoms with van der Waals surface area (Å²) in [5.41, 5.74) is 29.1. The molecule has 604 valence electrons. The molecule has 6 heterocycles. The molecule has 0 fully saturated rings. The van der Waals surface area contributed by atoms with E-state index in [1.165, 1.54) is 88.3 Å². The molecule has 0 saturated carbocycles. The van der Waals surface area contributed by atoms with E-state index in [4.69, 9.17) is 12.3 Å². The van der Waals surface area contributed by atoms with E-state index in [0.717, 1.165) is 76.4 Å². The third kappa shape index (κ3) is 19.3. The van der Waals surface area contributed by atoms with Gasteiger partial charge in [0.15, 0.2) is 12.4 Å². The molecule has 14 rings (SSSR count). The van der Waals surface area contributed by atoms with Crippen LogP contribution >= 0.6 is 0 Å². The van der Waals surface area contributed by atoms with Crippen LogP contribution < -0.4 is 38.5 Å². The number of aromatic nitrogens is 2. The van der Waals surface area contributed by atoms with Crippen molar-refractivity contribution in [3.05, 3.63) is 298 Å². The van der Waals surface area contributed by atoms with Gasteiger partial charge in [-0.2, -0.15) is 0 Å². The van der Waals surface area contributed by atoms with Gasteiger partial charge in [0.25, 0.3) is 0 Å². The van der Waals surface area contributed by atoms with Crippen LogP contribution in [0.2, 0.25) is 0 Å². The lowest BCUT2D eigenvalue weighted by Gasteiger charge is -2.32. The third-order valence-electron chi connectivity index (χ3n) is 24.9. The highest BCUT2D eigenvalue weighted by Crippen LogP contribution is 2.47. The molecule has 4 aliphatic rings. The molecular weight excluding hydrogens is 1390 g/mol. The van der Waals surface area contributed by atoms with Crippen LogP contribution in [0.25, 0.3) is 22.5 Å². The standard InChI is InChI=1S/2C24H36N.2C16H18N2.2C12H16N2/c2*1-10-23(5,6)20-15-22(19-13-12-17(3)14-18(19)4)25(9)16-21(20)24(7,8)11-2;2*1-12-8-4-5-9-14(12)18-13(2)17(3)15-10-6-7-11-16(15)18;2*1-10-6-4-5-7-12(10)14-9-8-13(3)11(14)2/h2*12-16H,10-11H2,1-9H3;2*4-11,13H,1-3H3;2*4-9,11H,1-3H3/q2*+1;;;;/i3D3;;3D3;;3D3;. The van der Waals surface area contributed by atoms with Gasteiger partial charge < -0.3 is 39.2 Å². The van der Waals surface area contributed by atoms with Gasteiger partial charge in [-0.25, -0.2) is 9.13 Å². The second kappa shape index (κ2) is 37.0. The summed E-state index contributed by atoms with van der Waals surface area (Å²) < 4.78 is 73.4. The molecule has 10 nitrogen and oxygen atoms in total. The minimum Gasteiger partial charge on any atom is -0.359 e. The number of fused-ring (bicyclic) bond motifs is 2. The van der Waals surface area contributed by atoms with Gasteiger partial charge in [-0.1, -0.05) is 216 Å². The number of nitrogens with zero attached hydrogens (tertiary/aromatic N) is 10. The minimum absolute atomic E-state index is 0.0668. The molecule has 10 aromatic rings. The van der Waals surface area contributed by atoms with E-state index < -0.39 is 20.8 Å². The third-order valence-corrected chi connectivity index (χ3v) is 24.9. The van der Waals surface area contributed by atoms with E-state index in [0.29, 0.717) is 17.9 Å². The average Bonchev–Trinajstić information content (AvgIpc) is 1.54. The topological polar surface area (TPSA) is 33.7 Å². The fourth-order valence-corrected chi connectivity index (χ4v) is 15.5. The van der Waals surface area contributed by atoms with Crippen LogP contribution in [-0.2, 0) is 35.8 Å². The Morgan fingerprint density at radius 2 is 0.640 bits per heavy atom. The van der Waals surface area contributed by atoms with Gasteiger partial charge in [-0.15, -0.1) is 0 Å². The highest BCUT2D eigenvalue weighted by Gasteiger charge is 2.37. The largest absolute Gasteiger partial charge is 0.359 e. The summed E-state index contributed by atoms with van der Waals surface area (Å²) >= 11 is 0. The van der Waals surface area contributed by atoms with E-state index in [1.807, 2.05) is 125 Å². The lowest BCUT2D eigenvalue weighted by atomic mass is 9.71. The summed E-state index contributed by atoms with van der Waals surface area (Å²) in [7, 11) is 8.53. The maximum atomic E-state index is 7.83. The van der Waals surface area contributed by atoms with Crippen molar-refractivity contribution in [2.24, 2.45) is 14.1 Å². The van der Waals surface area contributed by atoms with Crippen molar-refractivity contribution in [2.45, 2.75) is 238 Å². The first-order valence-electron chi connectivity index (χ1n) is 45.7. The van der Waals surface area contributed by atoms with Crippen LogP contribution in [0.15, 0.2) is 231 Å². The highest BCUT2D eigenvalue weighted by atomic mass is 15.4. The van der Waals surface area contributed by atoms with Gasteiger partial charge in [0, 0.05) is 122 Å². The van der Waals surface area contributed by atoms with Crippen molar-refractivity contribution in [3.8, 4) is 22.5 Å². The summed E-state index contributed by atoms with van der Waals surface area (Å²) in [5, 5.41) is 0. The molecule has 0 spiro atoms. The highest BCUT2D eigenvalue weighted by molar-refractivity contribution is 5.85. The fraction of sp³-hybridized carbons (Fsp3) is 0.404. The molecule has 8 aromatic carbocycles. The molecule has 0 N–H and O–H groups in total. The first kappa shape index (κ1) is 75.3. The molecule has 0 amide bonds. The normalized spacial score (nSPS) is 17.8. The van der Waals surface area contributed by atoms with E-state index in [1.54, 1.807) is 18.3 Å². The summed E-state index contributed by atoms with van der Waals surface area (Å²) in [4.78, 5) is 16.2. The predicted octanol–water partition coefficient (Wildman–Crippen LogP) is 25.3. The number of pyridine rings is 2. The SMILES string of the molecule is CCC(C)(C)c1cc(-c2ccc(C)cc2C)[n+](C)cc1C(C)(C)CC.Cc1ccccc1N1C=CN(C)C1C.Cc1ccccc1N1c2ccccc2N(C)C1C.[2H]C([2H])([2H])N1C=CN(c2ccccc2C)C1C.[2H]C([2H])([2H])N1c2ccccc2N(c2ccccc2C)C1C.[2H]C([2H])([2H])c1ccc(-c2cc(C(C)(C)CC)c(C(C)(C)CC)c[n+]2C)c(C)c1. The molecule has 2 aromatic heterocycles. The first-order valence-corrected chi connectivity index (χ1v) is 41.2. The molecule has 114 heavy (non-hydrogen) atoms. The summed E-state index contributed by atoms with van der Waals surface area (Å²) in [6.45, 7) is 44.5. The predicted molar refractivity (Wildman–Crippen MR) is 494 cm³/mol. The fourth-order valence-electron chi connectivity index (χ4n) is 15.5. The molecule has 0 radical (unpaired) electrons. The van der Waals surface area contributed by atoms with E-state index in [2.05, 4.69) is 314 Å². The van der Waals surface area contributed by atoms with Gasteiger partial charge in [0.1, 0.15) is 38.8 Å². The Bertz CT molecular complexity index is 5340. The monoisotopic (exact) mass is 1540 g/mol. The van der Waals surface area contributed by atoms with E-state index >= 15 is 0 Å². The number of rotatable bonds is 14. The summed E-state index contributed by atoms with van der Waals surface area (Å²) in [6, 6.07) is 66.4. The molecule has 0 bridgehead atoms. The van der Waals surface area contributed by atoms with Gasteiger partial charge in [-0.05, 0) is 236 Å². The van der Waals surface area contributed by atoms with Crippen molar-refractivity contribution >= 4 is 45.5 Å². The molecule has 10 heteroatoms. The zero-order chi connectivity index (χ0) is 91.1. The van der Waals surface area contributed by atoms with Crippen molar-refractivity contribution in [1.29, 1.82) is 0 Å². The van der Waals surface area contributed by atoms with Crippen molar-refractivity contribution < 1.29 is 21.5 Å². The zero-order valence-corrected chi connectivity index (χ0v) is 74.0. The molecule has 4 unspecified atom stereocenters. The zero-order valence-electron chi connectivity index (χ0n) is 83.0. The second-order valence-corrected chi connectivity index (χ2v) is 34.3. The van der Waals surface area contributed by atoms with Crippen LogP contribution in [-0.4, -0.2) is 62.5 Å². The first-order chi connectivity index (χ1) is 57.5. The number of aryl methyl sites for hydroxylation is 10. The number of para-hydroxylation sites is 8. The molecule has 4 atom stereocenters. The Labute approximate surface area is 703 Å². The van der Waals surface area contributed by atoms with Crippen LogP contribution in [0.5, 0.6) is 0 Å². The van der Waals surface area contributed by atoms with Gasteiger partial charge in [0.05, 0.1) is 22.7 Å². The molecule has 0 saturated heterocycles. The molecular formula is C104H140N10+2. The Morgan fingerprint density at radius 1 is 0.325 bits per heavy atom. The van der Waals surface area contributed by atoms with Crippen LogP contribution in [0.1, 0.15) is 216 Å². The smallest absolute Gasteiger partial charge is 0.212 e.